The van der Waals surface area contributed by atoms with E-state index < -0.39 is 0 Å². The van der Waals surface area contributed by atoms with Crippen LogP contribution < -0.4 is 0 Å². The first-order valence-electron chi connectivity index (χ1n) is 7.35. The van der Waals surface area contributed by atoms with Gasteiger partial charge in [0, 0.05) is 0 Å². The van der Waals surface area contributed by atoms with Crippen LogP contribution in [0.25, 0.3) is 22.1 Å². The van der Waals surface area contributed by atoms with Gasteiger partial charge in [-0.1, -0.05) is 24.3 Å². The molecule has 0 aliphatic carbocycles. The summed E-state index contributed by atoms with van der Waals surface area (Å²) >= 11 is 0. The molecule has 0 aliphatic rings. The first-order valence-corrected chi connectivity index (χ1v) is 7.35. The second kappa shape index (κ2) is 4.91. The molecule has 0 aliphatic heterocycles. The van der Waals surface area contributed by atoms with Gasteiger partial charge in [0.25, 0.3) is 0 Å². The van der Waals surface area contributed by atoms with Crippen LogP contribution in [0, 0.1) is 0 Å². The number of hydrogen-bond donors (Lipinski definition) is 0. The molecular formula is C16H16N6. The lowest BCUT2D eigenvalue weighted by Gasteiger charge is -2.17. The second-order valence-corrected chi connectivity index (χ2v) is 5.50. The predicted octanol–water partition coefficient (Wildman–Crippen LogP) is 3.00. The molecule has 0 saturated carbocycles. The van der Waals surface area contributed by atoms with Gasteiger partial charge in [0.05, 0.1) is 12.1 Å². The van der Waals surface area contributed by atoms with Gasteiger partial charge in [0.15, 0.2) is 0 Å². The van der Waals surface area contributed by atoms with Crippen molar-refractivity contribution in [2.45, 2.75) is 25.9 Å². The summed E-state index contributed by atoms with van der Waals surface area (Å²) < 4.78 is 0. The van der Waals surface area contributed by atoms with Crippen LogP contribution in [0.15, 0.2) is 48.5 Å². The number of aromatic nitrogens is 6. The lowest BCUT2D eigenvalue weighted by atomic mass is 10.2. The number of nitrogens with zero attached hydrogens (tertiary/aromatic N) is 6. The SMILES string of the molecule is C[C@H]([C@@H](C)n1nc2ccccc2n1)n1nc2ccccc2n1. The van der Waals surface area contributed by atoms with Crippen molar-refractivity contribution in [1.82, 2.24) is 30.0 Å². The van der Waals surface area contributed by atoms with E-state index in [1.54, 1.807) is 9.59 Å². The van der Waals surface area contributed by atoms with E-state index in [-0.39, 0.29) is 12.1 Å². The summed E-state index contributed by atoms with van der Waals surface area (Å²) in [5.74, 6) is 0. The quantitative estimate of drug-likeness (QED) is 0.582. The van der Waals surface area contributed by atoms with Crippen molar-refractivity contribution >= 4 is 22.1 Å². The number of rotatable bonds is 3. The summed E-state index contributed by atoms with van der Waals surface area (Å²) in [6, 6.07) is 15.9. The Morgan fingerprint density at radius 1 is 0.591 bits per heavy atom. The van der Waals surface area contributed by atoms with Gasteiger partial charge >= 0.3 is 0 Å². The zero-order chi connectivity index (χ0) is 15.1. The molecule has 2 heterocycles. The Morgan fingerprint density at radius 2 is 0.864 bits per heavy atom. The van der Waals surface area contributed by atoms with Gasteiger partial charge in [0.1, 0.15) is 22.1 Å². The monoisotopic (exact) mass is 292 g/mol. The summed E-state index contributed by atoms with van der Waals surface area (Å²) in [5, 5.41) is 18.2. The zero-order valence-electron chi connectivity index (χ0n) is 12.5. The van der Waals surface area contributed by atoms with Crippen molar-refractivity contribution in [3.8, 4) is 0 Å². The Balaban J connectivity index is 1.70. The van der Waals surface area contributed by atoms with Gasteiger partial charge in [-0.2, -0.15) is 30.0 Å². The van der Waals surface area contributed by atoms with Gasteiger partial charge in [-0.05, 0) is 38.1 Å². The average Bonchev–Trinajstić information content (AvgIpc) is 3.16. The highest BCUT2D eigenvalue weighted by Crippen LogP contribution is 2.22. The molecular weight excluding hydrogens is 276 g/mol. The van der Waals surface area contributed by atoms with Crippen molar-refractivity contribution in [3.63, 3.8) is 0 Å². The molecule has 4 rings (SSSR count). The molecule has 0 amide bonds. The topological polar surface area (TPSA) is 61.4 Å². The molecule has 0 saturated heterocycles. The Kier molecular flexibility index (Phi) is 2.89. The highest BCUT2D eigenvalue weighted by molar-refractivity contribution is 5.73. The molecule has 6 nitrogen and oxygen atoms in total. The molecule has 110 valence electrons. The van der Waals surface area contributed by atoms with Crippen molar-refractivity contribution in [3.05, 3.63) is 48.5 Å². The van der Waals surface area contributed by atoms with Crippen molar-refractivity contribution < 1.29 is 0 Å². The highest BCUT2D eigenvalue weighted by atomic mass is 15.5. The van der Waals surface area contributed by atoms with E-state index in [4.69, 9.17) is 0 Å². The minimum Gasteiger partial charge on any atom is -0.179 e. The van der Waals surface area contributed by atoms with Crippen molar-refractivity contribution in [2.24, 2.45) is 0 Å². The normalized spacial score (nSPS) is 14.5. The lowest BCUT2D eigenvalue weighted by Crippen LogP contribution is -2.22. The molecule has 0 fully saturated rings. The van der Waals surface area contributed by atoms with Gasteiger partial charge in [-0.25, -0.2) is 0 Å². The Labute approximate surface area is 127 Å². The Morgan fingerprint density at radius 3 is 1.14 bits per heavy atom. The molecule has 22 heavy (non-hydrogen) atoms. The summed E-state index contributed by atoms with van der Waals surface area (Å²) in [6.45, 7) is 4.16. The minimum absolute atomic E-state index is 0.0502. The predicted molar refractivity (Wildman–Crippen MR) is 84.5 cm³/mol. The molecule has 4 aromatic rings. The maximum Gasteiger partial charge on any atom is 0.113 e. The second-order valence-electron chi connectivity index (χ2n) is 5.50. The summed E-state index contributed by atoms with van der Waals surface area (Å²) in [7, 11) is 0. The molecule has 0 radical (unpaired) electrons. The fourth-order valence-corrected chi connectivity index (χ4v) is 2.50. The maximum absolute atomic E-state index is 4.55. The molecule has 0 spiro atoms. The zero-order valence-corrected chi connectivity index (χ0v) is 12.5. The molecule has 0 N–H and O–H groups in total. The van der Waals surface area contributed by atoms with Crippen LogP contribution >= 0.6 is 0 Å². The largest absolute Gasteiger partial charge is 0.179 e. The fraction of sp³-hybridized carbons (Fsp3) is 0.250. The Hall–Kier alpha value is -2.76. The highest BCUT2D eigenvalue weighted by Gasteiger charge is 2.20. The summed E-state index contributed by atoms with van der Waals surface area (Å²) in [4.78, 5) is 3.51. The first-order chi connectivity index (χ1) is 10.7. The van der Waals surface area contributed by atoms with Crippen molar-refractivity contribution in [2.75, 3.05) is 0 Å². The van der Waals surface area contributed by atoms with E-state index in [2.05, 4.69) is 34.2 Å². The number of fused-ring (bicyclic) bond motifs is 2. The number of benzene rings is 2. The van der Waals surface area contributed by atoms with E-state index in [0.29, 0.717) is 0 Å². The van der Waals surface area contributed by atoms with Crippen LogP contribution in [0.4, 0.5) is 0 Å². The smallest absolute Gasteiger partial charge is 0.113 e. The molecule has 2 atom stereocenters. The third-order valence-corrected chi connectivity index (χ3v) is 4.03. The van der Waals surface area contributed by atoms with Crippen LogP contribution in [0.5, 0.6) is 0 Å². The van der Waals surface area contributed by atoms with Gasteiger partial charge in [-0.3, -0.25) is 0 Å². The first kappa shape index (κ1) is 12.9. The standard InChI is InChI=1S/C16H16N6/c1-11(21-17-13-7-3-4-8-14(13)18-21)12(2)22-19-15-9-5-6-10-16(15)20-22/h3-12H,1-2H3/t11-,12-/m1/s1. The van der Waals surface area contributed by atoms with Crippen LogP contribution in [-0.4, -0.2) is 30.0 Å². The van der Waals surface area contributed by atoms with E-state index in [9.17, 15) is 0 Å². The molecule has 0 unspecified atom stereocenters. The van der Waals surface area contributed by atoms with Crippen LogP contribution in [-0.2, 0) is 0 Å². The lowest BCUT2D eigenvalue weighted by molar-refractivity contribution is 0.281. The van der Waals surface area contributed by atoms with Crippen LogP contribution in [0.3, 0.4) is 0 Å². The maximum atomic E-state index is 4.55. The van der Waals surface area contributed by atoms with E-state index in [1.807, 2.05) is 48.5 Å². The average molecular weight is 292 g/mol. The molecule has 2 aromatic heterocycles. The van der Waals surface area contributed by atoms with Crippen molar-refractivity contribution in [1.29, 1.82) is 0 Å². The number of hydrogen-bond acceptors (Lipinski definition) is 4. The third kappa shape index (κ3) is 2.04. The van der Waals surface area contributed by atoms with E-state index in [1.165, 1.54) is 0 Å². The summed E-state index contributed by atoms with van der Waals surface area (Å²) in [6.07, 6.45) is 0. The minimum atomic E-state index is 0.0502. The fourth-order valence-electron chi connectivity index (χ4n) is 2.50. The molecule has 6 heteroatoms. The Bertz CT molecular complexity index is 794. The molecule has 0 bridgehead atoms. The van der Waals surface area contributed by atoms with Crippen LogP contribution in [0.2, 0.25) is 0 Å². The van der Waals surface area contributed by atoms with E-state index >= 15 is 0 Å². The van der Waals surface area contributed by atoms with Gasteiger partial charge in [-0.15, -0.1) is 0 Å². The molecule has 2 aromatic carbocycles. The van der Waals surface area contributed by atoms with Gasteiger partial charge in [0.2, 0.25) is 0 Å². The van der Waals surface area contributed by atoms with E-state index in [0.717, 1.165) is 22.1 Å². The third-order valence-electron chi connectivity index (χ3n) is 4.03. The summed E-state index contributed by atoms with van der Waals surface area (Å²) in [5.41, 5.74) is 3.61. The van der Waals surface area contributed by atoms with Gasteiger partial charge < -0.3 is 0 Å². The van der Waals surface area contributed by atoms with Crippen LogP contribution in [0.1, 0.15) is 25.9 Å².